The molecule has 1 saturated heterocycles. The average molecular weight is 797 g/mol. The van der Waals surface area contributed by atoms with Crippen LogP contribution < -0.4 is 5.19 Å². The van der Waals surface area contributed by atoms with Gasteiger partial charge in [-0.05, 0) is 61.2 Å². The number of hydrogen-bond acceptors (Lipinski definition) is 2. The maximum absolute atomic E-state index is 6.11. The van der Waals surface area contributed by atoms with Gasteiger partial charge in [0.05, 0.1) is 25.2 Å². The molecule has 272 valence electrons. The molecule has 2 saturated carbocycles. The van der Waals surface area contributed by atoms with E-state index in [1.807, 2.05) is 4.61 Å². The topological polar surface area (TPSA) is 19.3 Å². The number of halogens is 2. The molecule has 47 heavy (non-hydrogen) atoms. The zero-order chi connectivity index (χ0) is 34.9. The molecule has 0 spiro atoms. The first kappa shape index (κ1) is 41.5. The molecular weight excluding hydrogens is 725 g/mol. The van der Waals surface area contributed by atoms with Gasteiger partial charge in [0.25, 0.3) is 0 Å². The van der Waals surface area contributed by atoms with Gasteiger partial charge in [0.1, 0.15) is 0 Å². The Labute approximate surface area is 305 Å². The second-order valence-electron chi connectivity index (χ2n) is 16.4. The number of aliphatic hydroxyl groups is 1. The van der Waals surface area contributed by atoms with Gasteiger partial charge >= 0.3 is 163 Å². The molecule has 1 N–H and O–H groups in total. The standard InChI is InChI=1S/C21H39N2.C19H32OSi.2ClH.Ru/c1-14-9-16(3)20(17(4)10-14)22-7-8-23(13-22)21-18(5)11-15(2)12-19(21)6;1-7-10-11-14-21(8-2,9-3)18-13-12-17(6)19(15-18)20-16(4)5;;;/h13-21H,7-12H2,1-6H3;6,12-13,15-16H,7-11,14H2,1-5H3;2*1H;/q+1;;;;+2/p-1/t14?,15?,16-,17-,18+,19+,20?,21?;;;;. The quantitative estimate of drug-likeness (QED) is 0.0908. The molecule has 0 amide bonds. The van der Waals surface area contributed by atoms with Crippen LogP contribution in [-0.2, 0) is 13.5 Å². The van der Waals surface area contributed by atoms with E-state index in [-0.39, 0.29) is 6.10 Å². The van der Waals surface area contributed by atoms with Gasteiger partial charge in [-0.15, -0.1) is 9.80 Å². The predicted molar refractivity (Wildman–Crippen MR) is 210 cm³/mol. The molecule has 4 atom stereocenters. The van der Waals surface area contributed by atoms with E-state index in [0.717, 1.165) is 58.9 Å². The van der Waals surface area contributed by atoms with Crippen molar-refractivity contribution in [1.82, 2.24) is 9.80 Å². The van der Waals surface area contributed by atoms with Crippen LogP contribution >= 0.6 is 19.4 Å². The SMILES string of the molecule is CC1C[C@@H](C)C(N2[CH+]N(C3[C@@H](C)CC(C)C[C@@H]3C)CC2)[C@H](C)C1.CCCCC[Si](CC)(CC)c1ccc([CH]=[Ru]([Cl])[Cl])c([OH+]C(C)C)c1. The van der Waals surface area contributed by atoms with Crippen molar-refractivity contribution in [2.75, 3.05) is 13.1 Å². The third-order valence-corrected chi connectivity index (χ3v) is 19.3. The molecule has 3 fully saturated rings. The van der Waals surface area contributed by atoms with Gasteiger partial charge in [0, 0.05) is 0 Å². The third kappa shape index (κ3) is 11.6. The van der Waals surface area contributed by atoms with E-state index in [2.05, 4.69) is 111 Å². The van der Waals surface area contributed by atoms with Crippen molar-refractivity contribution in [3.63, 3.8) is 0 Å². The van der Waals surface area contributed by atoms with Crippen LogP contribution in [-0.4, -0.2) is 58.5 Å². The Hall–Kier alpha value is 0.100. The van der Waals surface area contributed by atoms with Crippen LogP contribution in [0.3, 0.4) is 0 Å². The van der Waals surface area contributed by atoms with Crippen molar-refractivity contribution >= 4 is 37.3 Å². The zero-order valence-electron chi connectivity index (χ0n) is 32.0. The second-order valence-corrected chi connectivity index (χ2v) is 27.2. The van der Waals surface area contributed by atoms with Crippen molar-refractivity contribution in [3.05, 3.63) is 30.4 Å². The molecule has 1 aromatic carbocycles. The summed E-state index contributed by atoms with van der Waals surface area (Å²) in [4.78, 5) is 5.44. The van der Waals surface area contributed by atoms with Gasteiger partial charge < -0.3 is 0 Å². The number of benzene rings is 1. The fourth-order valence-electron chi connectivity index (χ4n) is 10.0. The molecule has 2 aliphatic carbocycles. The van der Waals surface area contributed by atoms with Crippen LogP contribution in [0.15, 0.2) is 18.2 Å². The van der Waals surface area contributed by atoms with Crippen LogP contribution in [0.4, 0.5) is 0 Å². The zero-order valence-corrected chi connectivity index (χ0v) is 36.3. The molecule has 0 aromatic heterocycles. The number of aromatic hydroxyl groups is 1. The van der Waals surface area contributed by atoms with Gasteiger partial charge in [-0.3, -0.25) is 0 Å². The summed E-state index contributed by atoms with van der Waals surface area (Å²) < 4.78 is 6.87. The van der Waals surface area contributed by atoms with E-state index in [4.69, 9.17) is 24.1 Å². The van der Waals surface area contributed by atoms with Crippen molar-refractivity contribution < 1.29 is 18.3 Å². The molecule has 0 bridgehead atoms. The molecule has 0 unspecified atom stereocenters. The molecule has 7 heteroatoms. The predicted octanol–water partition coefficient (Wildman–Crippen LogP) is 11.2. The maximum atomic E-state index is 6.11. The Morgan fingerprint density at radius 1 is 0.830 bits per heavy atom. The summed E-state index contributed by atoms with van der Waals surface area (Å²) in [6, 6.07) is 12.4. The molecule has 4 rings (SSSR count). The average Bonchev–Trinajstić information content (AvgIpc) is 3.44. The van der Waals surface area contributed by atoms with E-state index in [9.17, 15) is 0 Å². The number of ether oxygens (including phenoxy) is 1. The Bertz CT molecular complexity index is 1050. The minimum atomic E-state index is -1.84. The van der Waals surface area contributed by atoms with Crippen LogP contribution in [0.5, 0.6) is 5.75 Å². The first-order valence-electron chi connectivity index (χ1n) is 19.3. The summed E-state index contributed by atoms with van der Waals surface area (Å²) in [6.45, 7) is 31.2. The van der Waals surface area contributed by atoms with Crippen molar-refractivity contribution in [2.45, 2.75) is 157 Å². The molecule has 0 radical (unpaired) electrons. The Morgan fingerprint density at radius 3 is 1.72 bits per heavy atom. The Balaban J connectivity index is 0.000000255. The monoisotopic (exact) mass is 796 g/mol. The normalized spacial score (nSPS) is 30.8. The van der Waals surface area contributed by atoms with E-state index in [1.54, 1.807) is 5.19 Å². The summed E-state index contributed by atoms with van der Waals surface area (Å²) in [5.74, 6) is 6.26. The number of hydrogen-bond donors (Lipinski definition) is 0. The number of rotatable bonds is 12. The molecule has 1 aliphatic heterocycles. The summed E-state index contributed by atoms with van der Waals surface area (Å²) in [7, 11) is 10.8. The van der Waals surface area contributed by atoms with Gasteiger partial charge in [0.15, 0.2) is 0 Å². The van der Waals surface area contributed by atoms with Crippen molar-refractivity contribution in [3.8, 4) is 5.75 Å². The second kappa shape index (κ2) is 19.6. The van der Waals surface area contributed by atoms with Crippen molar-refractivity contribution in [1.29, 1.82) is 0 Å². The number of nitrogens with zero attached hydrogens (tertiary/aromatic N) is 2. The van der Waals surface area contributed by atoms with Gasteiger partial charge in [-0.25, -0.2) is 0 Å². The van der Waals surface area contributed by atoms with E-state index in [1.165, 1.54) is 76.2 Å². The van der Waals surface area contributed by atoms with Gasteiger partial charge in [-0.2, -0.15) is 0 Å². The van der Waals surface area contributed by atoms with Crippen molar-refractivity contribution in [2.24, 2.45) is 35.5 Å². The van der Waals surface area contributed by atoms with Crippen LogP contribution in [0.25, 0.3) is 0 Å². The van der Waals surface area contributed by atoms with Crippen LogP contribution in [0.2, 0.25) is 18.1 Å². The molecular formula is C40H72Cl2N2ORuSi+2. The summed E-state index contributed by atoms with van der Waals surface area (Å²) in [5, 5.41) is 1.56. The fraction of sp³-hybridized carbons (Fsp3) is 0.800. The van der Waals surface area contributed by atoms with Gasteiger partial charge in [0.2, 0.25) is 6.67 Å². The molecule has 3 nitrogen and oxygen atoms in total. The number of unbranched alkanes of at least 4 members (excludes halogenated alkanes) is 2. The van der Waals surface area contributed by atoms with Gasteiger partial charge in [-0.1, -0.05) is 41.5 Å². The summed E-state index contributed by atoms with van der Waals surface area (Å²) in [6.07, 6.45) is 9.90. The molecule has 1 heterocycles. The van der Waals surface area contributed by atoms with E-state index >= 15 is 0 Å². The van der Waals surface area contributed by atoms with Crippen LogP contribution in [0.1, 0.15) is 127 Å². The minimum absolute atomic E-state index is 0.276. The van der Waals surface area contributed by atoms with Crippen LogP contribution in [0, 0.1) is 42.2 Å². The van der Waals surface area contributed by atoms with E-state index < -0.39 is 21.6 Å². The van der Waals surface area contributed by atoms with E-state index in [0.29, 0.717) is 0 Å². The Morgan fingerprint density at radius 2 is 1.32 bits per heavy atom. The summed E-state index contributed by atoms with van der Waals surface area (Å²) in [5.41, 5.74) is 1.11. The fourth-order valence-corrected chi connectivity index (χ4v) is 15.9. The summed E-state index contributed by atoms with van der Waals surface area (Å²) >= 11 is -1.84. The first-order chi connectivity index (χ1) is 22.2. The Kier molecular flexibility index (Phi) is 17.3. The first-order valence-corrected chi connectivity index (χ1v) is 27.4. The third-order valence-electron chi connectivity index (χ3n) is 11.9. The molecule has 3 aliphatic rings. The molecule has 1 aromatic rings.